The maximum atomic E-state index is 12.9. The summed E-state index contributed by atoms with van der Waals surface area (Å²) in [7, 11) is 0. The number of hydrogen-bond donors (Lipinski definition) is 2. The lowest BCUT2D eigenvalue weighted by Gasteiger charge is -2.39. The highest BCUT2D eigenvalue weighted by atomic mass is 79.9. The Bertz CT molecular complexity index is 822. The fourth-order valence-corrected chi connectivity index (χ4v) is 3.28. The molecule has 1 heterocycles. The molecule has 2 N–H and O–H groups in total. The quantitative estimate of drug-likeness (QED) is 0.704. The van der Waals surface area contributed by atoms with Gasteiger partial charge in [0.15, 0.2) is 0 Å². The molecule has 5 nitrogen and oxygen atoms in total. The van der Waals surface area contributed by atoms with E-state index in [1.54, 1.807) is 30.3 Å². The number of hydrazine groups is 1. The van der Waals surface area contributed by atoms with Crippen LogP contribution in [0.3, 0.4) is 0 Å². The third kappa shape index (κ3) is 3.72. The second kappa shape index (κ2) is 7.17. The summed E-state index contributed by atoms with van der Waals surface area (Å²) < 4.78 is 1.70. The van der Waals surface area contributed by atoms with Gasteiger partial charge in [-0.25, -0.2) is 5.01 Å². The Morgan fingerprint density at radius 3 is 2.40 bits per heavy atom. The summed E-state index contributed by atoms with van der Waals surface area (Å²) in [5.41, 5.74) is 4.51. The third-order valence-electron chi connectivity index (χ3n) is 3.97. The number of nitrogens with one attached hydrogen (secondary N) is 2. The Balaban J connectivity index is 1.91. The van der Waals surface area contributed by atoms with Gasteiger partial charge in [0.25, 0.3) is 11.8 Å². The SMILES string of the molecule is CC(C)C1Nc2ccc(Br)cc2C(=O)N1NC(=O)c1ccc(Br)cc1. The monoisotopic (exact) mass is 465 g/mol. The van der Waals surface area contributed by atoms with Crippen molar-refractivity contribution in [3.63, 3.8) is 0 Å². The number of fused-ring (bicyclic) bond motifs is 1. The molecule has 0 spiro atoms. The van der Waals surface area contributed by atoms with Crippen LogP contribution < -0.4 is 10.7 Å². The number of nitrogens with zero attached hydrogens (tertiary/aromatic N) is 1. The number of amides is 2. The van der Waals surface area contributed by atoms with Gasteiger partial charge < -0.3 is 5.32 Å². The number of benzene rings is 2. The first-order chi connectivity index (χ1) is 11.9. The molecule has 0 radical (unpaired) electrons. The van der Waals surface area contributed by atoms with Crippen LogP contribution in [0.2, 0.25) is 0 Å². The molecule has 0 aromatic heterocycles. The van der Waals surface area contributed by atoms with Crippen LogP contribution in [-0.4, -0.2) is 23.0 Å². The zero-order chi connectivity index (χ0) is 18.1. The van der Waals surface area contributed by atoms with Crippen molar-refractivity contribution in [2.75, 3.05) is 5.32 Å². The Morgan fingerprint density at radius 1 is 1.12 bits per heavy atom. The second-order valence-corrected chi connectivity index (χ2v) is 7.98. The lowest BCUT2D eigenvalue weighted by atomic mass is 10.0. The molecule has 0 fully saturated rings. The Hall–Kier alpha value is -1.86. The largest absolute Gasteiger partial charge is 0.363 e. The van der Waals surface area contributed by atoms with Gasteiger partial charge in [-0.15, -0.1) is 0 Å². The van der Waals surface area contributed by atoms with Gasteiger partial charge in [0.2, 0.25) is 0 Å². The molecule has 1 aliphatic rings. The van der Waals surface area contributed by atoms with Gasteiger partial charge in [-0.1, -0.05) is 45.7 Å². The minimum Gasteiger partial charge on any atom is -0.363 e. The molecule has 2 amide bonds. The highest BCUT2D eigenvalue weighted by Gasteiger charge is 2.35. The van der Waals surface area contributed by atoms with E-state index in [4.69, 9.17) is 0 Å². The average Bonchev–Trinajstić information content (AvgIpc) is 2.58. The van der Waals surface area contributed by atoms with Crippen LogP contribution >= 0.6 is 31.9 Å². The normalized spacial score (nSPS) is 16.4. The van der Waals surface area contributed by atoms with E-state index >= 15 is 0 Å². The molecule has 7 heteroatoms. The molecule has 130 valence electrons. The molecule has 2 aromatic rings. The maximum absolute atomic E-state index is 12.9. The van der Waals surface area contributed by atoms with Crippen molar-refractivity contribution >= 4 is 49.4 Å². The number of carbonyl (C=O) groups is 2. The molecule has 0 bridgehead atoms. The zero-order valence-electron chi connectivity index (χ0n) is 13.7. The summed E-state index contributed by atoms with van der Waals surface area (Å²) in [6, 6.07) is 12.5. The highest BCUT2D eigenvalue weighted by molar-refractivity contribution is 9.10. The smallest absolute Gasteiger partial charge is 0.276 e. The van der Waals surface area contributed by atoms with Crippen LogP contribution in [0.1, 0.15) is 34.6 Å². The first-order valence-corrected chi connectivity index (χ1v) is 9.41. The van der Waals surface area contributed by atoms with Crippen LogP contribution in [0.5, 0.6) is 0 Å². The summed E-state index contributed by atoms with van der Waals surface area (Å²) in [5, 5.41) is 4.71. The molecular weight excluding hydrogens is 450 g/mol. The summed E-state index contributed by atoms with van der Waals surface area (Å²) in [4.78, 5) is 25.5. The lowest BCUT2D eigenvalue weighted by Crippen LogP contribution is -2.59. The Labute approximate surface area is 163 Å². The van der Waals surface area contributed by atoms with Crippen LogP contribution in [-0.2, 0) is 0 Å². The first kappa shape index (κ1) is 17.9. The predicted octanol–water partition coefficient (Wildman–Crippen LogP) is 4.41. The maximum Gasteiger partial charge on any atom is 0.276 e. The van der Waals surface area contributed by atoms with Gasteiger partial charge in [0.1, 0.15) is 6.17 Å². The van der Waals surface area contributed by atoms with Gasteiger partial charge in [0.05, 0.1) is 5.56 Å². The molecular formula is C18H17Br2N3O2. The predicted molar refractivity (Wildman–Crippen MR) is 104 cm³/mol. The summed E-state index contributed by atoms with van der Waals surface area (Å²) >= 11 is 6.73. The fraction of sp³-hybridized carbons (Fsp3) is 0.222. The van der Waals surface area contributed by atoms with Crippen molar-refractivity contribution in [1.29, 1.82) is 0 Å². The fourth-order valence-electron chi connectivity index (χ4n) is 2.66. The van der Waals surface area contributed by atoms with Crippen molar-refractivity contribution in [3.05, 3.63) is 62.5 Å². The molecule has 1 unspecified atom stereocenters. The molecule has 0 saturated carbocycles. The molecule has 0 aliphatic carbocycles. The van der Waals surface area contributed by atoms with Crippen molar-refractivity contribution in [2.45, 2.75) is 20.0 Å². The van der Waals surface area contributed by atoms with Crippen molar-refractivity contribution in [1.82, 2.24) is 10.4 Å². The van der Waals surface area contributed by atoms with Crippen molar-refractivity contribution < 1.29 is 9.59 Å². The van der Waals surface area contributed by atoms with Gasteiger partial charge in [-0.2, -0.15) is 0 Å². The summed E-state index contributed by atoms with van der Waals surface area (Å²) in [6.45, 7) is 3.99. The van der Waals surface area contributed by atoms with Crippen LogP contribution in [0.15, 0.2) is 51.4 Å². The molecule has 3 rings (SSSR count). The molecule has 0 saturated heterocycles. The van der Waals surface area contributed by atoms with Crippen LogP contribution in [0.4, 0.5) is 5.69 Å². The van der Waals surface area contributed by atoms with Crippen LogP contribution in [0, 0.1) is 5.92 Å². The minimum atomic E-state index is -0.333. The number of carbonyl (C=O) groups excluding carboxylic acids is 2. The first-order valence-electron chi connectivity index (χ1n) is 7.83. The second-order valence-electron chi connectivity index (χ2n) is 6.15. The van der Waals surface area contributed by atoms with Crippen molar-refractivity contribution in [2.24, 2.45) is 5.92 Å². The van der Waals surface area contributed by atoms with E-state index in [1.807, 2.05) is 26.0 Å². The van der Waals surface area contributed by atoms with E-state index in [9.17, 15) is 9.59 Å². The molecule has 1 atom stereocenters. The summed E-state index contributed by atoms with van der Waals surface area (Å²) in [6.07, 6.45) is -0.333. The van der Waals surface area contributed by atoms with E-state index in [-0.39, 0.29) is 23.9 Å². The molecule has 25 heavy (non-hydrogen) atoms. The van der Waals surface area contributed by atoms with Gasteiger partial charge >= 0.3 is 0 Å². The van der Waals surface area contributed by atoms with E-state index in [0.29, 0.717) is 11.1 Å². The zero-order valence-corrected chi connectivity index (χ0v) is 16.9. The average molecular weight is 467 g/mol. The number of hydrogen-bond acceptors (Lipinski definition) is 3. The highest BCUT2D eigenvalue weighted by Crippen LogP contribution is 2.29. The van der Waals surface area contributed by atoms with Crippen molar-refractivity contribution in [3.8, 4) is 0 Å². The Kier molecular flexibility index (Phi) is 5.15. The third-order valence-corrected chi connectivity index (χ3v) is 4.99. The number of anilines is 1. The van der Waals surface area contributed by atoms with Gasteiger partial charge in [-0.05, 0) is 48.4 Å². The Morgan fingerprint density at radius 2 is 1.76 bits per heavy atom. The number of halogens is 2. The topological polar surface area (TPSA) is 61.4 Å². The van der Waals surface area contributed by atoms with E-state index in [0.717, 1.165) is 14.6 Å². The van der Waals surface area contributed by atoms with Gasteiger partial charge in [-0.3, -0.25) is 15.0 Å². The van der Waals surface area contributed by atoms with Gasteiger partial charge in [0, 0.05) is 20.2 Å². The minimum absolute atomic E-state index is 0.103. The van der Waals surface area contributed by atoms with E-state index in [2.05, 4.69) is 42.6 Å². The number of rotatable bonds is 3. The van der Waals surface area contributed by atoms with E-state index < -0.39 is 0 Å². The van der Waals surface area contributed by atoms with Crippen LogP contribution in [0.25, 0.3) is 0 Å². The molecule has 2 aromatic carbocycles. The molecule has 1 aliphatic heterocycles. The standard InChI is InChI=1S/C18H17Br2N3O2/c1-10(2)16-21-15-8-7-13(20)9-14(15)18(25)23(16)22-17(24)11-3-5-12(19)6-4-11/h3-10,16,21H,1-2H3,(H,22,24). The van der Waals surface area contributed by atoms with E-state index in [1.165, 1.54) is 5.01 Å². The lowest BCUT2D eigenvalue weighted by molar-refractivity contribution is 0.0438. The summed E-state index contributed by atoms with van der Waals surface area (Å²) in [5.74, 6) is -0.461.